The topological polar surface area (TPSA) is 104 Å². The summed E-state index contributed by atoms with van der Waals surface area (Å²) < 4.78 is 24.8. The third-order valence-electron chi connectivity index (χ3n) is 1.87. The number of rotatable bonds is 3. The summed E-state index contributed by atoms with van der Waals surface area (Å²) in [4.78, 5) is 13.0. The molecule has 0 aliphatic rings. The van der Waals surface area contributed by atoms with Gasteiger partial charge in [-0.05, 0) is 6.07 Å². The van der Waals surface area contributed by atoms with Crippen molar-refractivity contribution < 1.29 is 13.7 Å². The van der Waals surface area contributed by atoms with E-state index in [1.54, 1.807) is 6.07 Å². The molecule has 6 nitrogen and oxygen atoms in total. The molecular weight excluding hydrogens is 234 g/mol. The van der Waals surface area contributed by atoms with Crippen LogP contribution in [0.4, 0.5) is 14.5 Å². The largest absolute Gasteiger partial charge is 0.309 e. The number of nitriles is 2. The number of nitrogens with zero attached hydrogens (tertiary/aromatic N) is 4. The Morgan fingerprint density at radius 2 is 2.18 bits per heavy atom. The predicted molar refractivity (Wildman–Crippen MR) is 49.9 cm³/mol. The van der Waals surface area contributed by atoms with Crippen LogP contribution in [-0.4, -0.2) is 9.91 Å². The molecule has 0 fully saturated rings. The Hall–Kier alpha value is -2.61. The monoisotopic (exact) mass is 238 g/mol. The molecule has 1 rings (SSSR count). The van der Waals surface area contributed by atoms with E-state index in [1.165, 1.54) is 6.07 Å². The molecule has 1 aromatic heterocycles. The summed E-state index contributed by atoms with van der Waals surface area (Å²) in [6, 6.07) is 3.76. The van der Waals surface area contributed by atoms with Crippen LogP contribution in [0.2, 0.25) is 0 Å². The average Bonchev–Trinajstić information content (AvgIpc) is 2.27. The molecule has 0 atom stereocenters. The van der Waals surface area contributed by atoms with Crippen molar-refractivity contribution in [2.24, 2.45) is 0 Å². The zero-order valence-corrected chi connectivity index (χ0v) is 8.22. The highest BCUT2D eigenvalue weighted by molar-refractivity contribution is 5.52. The summed E-state index contributed by atoms with van der Waals surface area (Å²) in [6.07, 6.45) is -3.40. The summed E-state index contributed by atoms with van der Waals surface area (Å²) in [7, 11) is 0. The van der Waals surface area contributed by atoms with E-state index >= 15 is 0 Å². The first-order chi connectivity index (χ1) is 8.01. The fraction of sp³-hybridized carbons (Fsp3) is 0.222. The van der Waals surface area contributed by atoms with E-state index in [0.717, 1.165) is 6.07 Å². The smallest absolute Gasteiger partial charge is 0.258 e. The minimum atomic E-state index is -2.96. The van der Waals surface area contributed by atoms with Gasteiger partial charge in [0.2, 0.25) is 5.69 Å². The minimum Gasteiger partial charge on any atom is -0.258 e. The van der Waals surface area contributed by atoms with Crippen LogP contribution in [0, 0.1) is 32.8 Å². The second-order valence-corrected chi connectivity index (χ2v) is 2.91. The lowest BCUT2D eigenvalue weighted by atomic mass is 10.1. The number of nitro groups is 1. The van der Waals surface area contributed by atoms with Crippen LogP contribution >= 0.6 is 0 Å². The van der Waals surface area contributed by atoms with Gasteiger partial charge < -0.3 is 0 Å². The van der Waals surface area contributed by atoms with Gasteiger partial charge >= 0.3 is 5.69 Å². The van der Waals surface area contributed by atoms with Crippen molar-refractivity contribution in [3.05, 3.63) is 33.1 Å². The number of hydrogen-bond acceptors (Lipinski definition) is 5. The van der Waals surface area contributed by atoms with E-state index in [4.69, 9.17) is 10.5 Å². The summed E-state index contributed by atoms with van der Waals surface area (Å²) in [6.45, 7) is 0. The van der Waals surface area contributed by atoms with Gasteiger partial charge in [0.15, 0.2) is 0 Å². The molecule has 17 heavy (non-hydrogen) atoms. The molecule has 0 aromatic carbocycles. The number of alkyl halides is 2. The summed E-state index contributed by atoms with van der Waals surface area (Å²) >= 11 is 0. The van der Waals surface area contributed by atoms with Crippen LogP contribution < -0.4 is 0 Å². The number of hydrogen-bond donors (Lipinski definition) is 0. The molecule has 0 saturated carbocycles. The van der Waals surface area contributed by atoms with E-state index in [2.05, 4.69) is 4.98 Å². The second-order valence-electron chi connectivity index (χ2n) is 2.91. The molecule has 8 heteroatoms. The summed E-state index contributed by atoms with van der Waals surface area (Å²) in [5, 5.41) is 27.8. The van der Waals surface area contributed by atoms with Gasteiger partial charge in [0.25, 0.3) is 6.43 Å². The van der Waals surface area contributed by atoms with E-state index in [9.17, 15) is 18.9 Å². The molecule has 0 aliphatic carbocycles. The van der Waals surface area contributed by atoms with Crippen LogP contribution in [0.25, 0.3) is 0 Å². The predicted octanol–water partition coefficient (Wildman–Crippen LogP) is 1.87. The second kappa shape index (κ2) is 4.94. The fourth-order valence-corrected chi connectivity index (χ4v) is 1.23. The molecule has 0 radical (unpaired) electrons. The van der Waals surface area contributed by atoms with Gasteiger partial charge in [0, 0.05) is 5.56 Å². The lowest BCUT2D eigenvalue weighted by molar-refractivity contribution is -0.386. The van der Waals surface area contributed by atoms with Crippen LogP contribution in [0.15, 0.2) is 6.07 Å². The first kappa shape index (κ1) is 12.5. The van der Waals surface area contributed by atoms with E-state index in [1.807, 2.05) is 0 Å². The van der Waals surface area contributed by atoms with Crippen LogP contribution in [0.3, 0.4) is 0 Å². The highest BCUT2D eigenvalue weighted by Gasteiger charge is 2.25. The van der Waals surface area contributed by atoms with Gasteiger partial charge in [-0.2, -0.15) is 10.5 Å². The first-order valence-electron chi connectivity index (χ1n) is 4.24. The van der Waals surface area contributed by atoms with Crippen molar-refractivity contribution in [3.8, 4) is 12.1 Å². The van der Waals surface area contributed by atoms with E-state index in [0.29, 0.717) is 0 Å². The molecule has 0 spiro atoms. The minimum absolute atomic E-state index is 0.237. The molecule has 86 valence electrons. The number of aromatic nitrogens is 1. The highest BCUT2D eigenvalue weighted by atomic mass is 19.3. The van der Waals surface area contributed by atoms with E-state index in [-0.39, 0.29) is 5.56 Å². The van der Waals surface area contributed by atoms with Crippen molar-refractivity contribution in [3.63, 3.8) is 0 Å². The van der Waals surface area contributed by atoms with Crippen LogP contribution in [0.1, 0.15) is 23.4 Å². The molecular formula is C9H4F2N4O2. The maximum Gasteiger partial charge on any atom is 0.309 e. The molecule has 1 heterocycles. The van der Waals surface area contributed by atoms with Crippen LogP contribution in [-0.2, 0) is 6.42 Å². The SMILES string of the molecule is N#CCc1cc(C(F)F)nc(C#N)c1[N+](=O)[O-]. The Kier molecular flexibility index (Phi) is 3.62. The summed E-state index contributed by atoms with van der Waals surface area (Å²) in [5.41, 5.74) is -2.40. The van der Waals surface area contributed by atoms with Gasteiger partial charge in [-0.1, -0.05) is 0 Å². The fourth-order valence-electron chi connectivity index (χ4n) is 1.23. The van der Waals surface area contributed by atoms with Crippen molar-refractivity contribution in [2.45, 2.75) is 12.8 Å². The van der Waals surface area contributed by atoms with Crippen molar-refractivity contribution >= 4 is 5.69 Å². The lowest BCUT2D eigenvalue weighted by Gasteiger charge is -2.04. The molecule has 0 unspecified atom stereocenters. The molecule has 0 bridgehead atoms. The Morgan fingerprint density at radius 1 is 1.53 bits per heavy atom. The third-order valence-corrected chi connectivity index (χ3v) is 1.87. The zero-order valence-electron chi connectivity index (χ0n) is 8.22. The molecule has 0 aliphatic heterocycles. The Labute approximate surface area is 93.9 Å². The van der Waals surface area contributed by atoms with Gasteiger partial charge in [0.1, 0.15) is 11.8 Å². The van der Waals surface area contributed by atoms with Crippen molar-refractivity contribution in [2.75, 3.05) is 0 Å². The molecule has 0 amide bonds. The number of halogens is 2. The molecule has 1 aromatic rings. The maximum absolute atomic E-state index is 12.4. The normalized spacial score (nSPS) is 9.71. The van der Waals surface area contributed by atoms with E-state index < -0.39 is 34.8 Å². The third kappa shape index (κ3) is 2.49. The maximum atomic E-state index is 12.4. The van der Waals surface area contributed by atoms with Gasteiger partial charge in [0.05, 0.1) is 17.4 Å². The Balaban J connectivity index is 3.54. The van der Waals surface area contributed by atoms with Gasteiger partial charge in [-0.3, -0.25) is 10.1 Å². The number of pyridine rings is 1. The first-order valence-corrected chi connectivity index (χ1v) is 4.24. The van der Waals surface area contributed by atoms with Gasteiger partial charge in [-0.15, -0.1) is 0 Å². The zero-order chi connectivity index (χ0) is 13.0. The standard InChI is InChI=1S/C9H4F2N4O2/c10-9(11)6-3-5(1-2-12)8(15(16)17)7(4-13)14-6/h3,9H,1H2. The molecule has 0 N–H and O–H groups in total. The highest BCUT2D eigenvalue weighted by Crippen LogP contribution is 2.27. The van der Waals surface area contributed by atoms with Gasteiger partial charge in [-0.25, -0.2) is 13.8 Å². The Morgan fingerprint density at radius 3 is 2.59 bits per heavy atom. The van der Waals surface area contributed by atoms with Crippen molar-refractivity contribution in [1.29, 1.82) is 10.5 Å². The quantitative estimate of drug-likeness (QED) is 0.590. The van der Waals surface area contributed by atoms with Crippen molar-refractivity contribution in [1.82, 2.24) is 4.98 Å². The lowest BCUT2D eigenvalue weighted by Crippen LogP contribution is -2.04. The average molecular weight is 238 g/mol. The summed E-state index contributed by atoms with van der Waals surface area (Å²) in [5.74, 6) is 0. The Bertz CT molecular complexity index is 545. The van der Waals surface area contributed by atoms with Crippen LogP contribution in [0.5, 0.6) is 0 Å². The molecule has 0 saturated heterocycles.